The third kappa shape index (κ3) is 3.20. The van der Waals surface area contributed by atoms with Gasteiger partial charge in [0.1, 0.15) is 0 Å². The molecule has 148 valence electrons. The number of hydrogen-bond donors (Lipinski definition) is 1. The molecule has 0 aliphatic heterocycles. The number of thiazole rings is 1. The van der Waals surface area contributed by atoms with Crippen LogP contribution in [0.4, 0.5) is 5.13 Å². The van der Waals surface area contributed by atoms with Crippen molar-refractivity contribution in [3.8, 4) is 11.3 Å². The number of hydrogen-bond acceptors (Lipinski definition) is 3. The molecule has 4 saturated carbocycles. The molecular weight excluding hydrogens is 364 g/mol. The normalized spacial score (nSPS) is 31.7. The van der Waals surface area contributed by atoms with Crippen molar-refractivity contribution in [3.63, 3.8) is 0 Å². The number of rotatable bonds is 5. The van der Waals surface area contributed by atoms with Crippen molar-refractivity contribution < 1.29 is 4.79 Å². The first-order chi connectivity index (χ1) is 13.5. The topological polar surface area (TPSA) is 42.0 Å². The quantitative estimate of drug-likeness (QED) is 0.631. The number of benzene rings is 1. The zero-order valence-electron chi connectivity index (χ0n) is 16.9. The molecule has 6 rings (SSSR count). The lowest BCUT2D eigenvalue weighted by atomic mass is 9.49. The molecule has 1 amide bonds. The Hall–Kier alpha value is -1.68. The fraction of sp³-hybridized carbons (Fsp3) is 0.583. The van der Waals surface area contributed by atoms with Crippen LogP contribution in [-0.4, -0.2) is 10.9 Å². The zero-order chi connectivity index (χ0) is 19.3. The molecule has 1 atom stereocenters. The van der Waals surface area contributed by atoms with E-state index in [1.165, 1.54) is 24.8 Å². The predicted molar refractivity (Wildman–Crippen MR) is 115 cm³/mol. The van der Waals surface area contributed by atoms with Crippen molar-refractivity contribution in [1.82, 2.24) is 4.98 Å². The maximum Gasteiger partial charge on any atom is 0.232 e. The fourth-order valence-electron chi connectivity index (χ4n) is 6.30. The van der Waals surface area contributed by atoms with Gasteiger partial charge in [0.15, 0.2) is 5.13 Å². The van der Waals surface area contributed by atoms with E-state index in [2.05, 4.69) is 48.8 Å². The van der Waals surface area contributed by atoms with Crippen LogP contribution in [0.2, 0.25) is 0 Å². The van der Waals surface area contributed by atoms with Gasteiger partial charge in [-0.15, -0.1) is 11.3 Å². The molecule has 4 aliphatic rings. The Morgan fingerprint density at radius 3 is 2.32 bits per heavy atom. The van der Waals surface area contributed by atoms with Crippen LogP contribution in [0.25, 0.3) is 11.3 Å². The highest BCUT2D eigenvalue weighted by Gasteiger charge is 2.54. The Morgan fingerprint density at radius 1 is 1.14 bits per heavy atom. The number of nitrogens with zero attached hydrogens (tertiary/aromatic N) is 1. The lowest BCUT2D eigenvalue weighted by Crippen LogP contribution is -2.51. The van der Waals surface area contributed by atoms with Crippen molar-refractivity contribution in [2.45, 2.75) is 64.7 Å². The first-order valence-corrected chi connectivity index (χ1v) is 11.8. The summed E-state index contributed by atoms with van der Waals surface area (Å²) in [6, 6.07) is 8.72. The van der Waals surface area contributed by atoms with Gasteiger partial charge in [-0.1, -0.05) is 38.1 Å². The van der Waals surface area contributed by atoms with Crippen LogP contribution in [0.5, 0.6) is 0 Å². The molecule has 1 unspecified atom stereocenters. The van der Waals surface area contributed by atoms with Crippen LogP contribution in [0.1, 0.15) is 70.3 Å². The van der Waals surface area contributed by atoms with E-state index >= 15 is 0 Å². The van der Waals surface area contributed by atoms with Gasteiger partial charge in [-0.2, -0.15) is 0 Å². The molecule has 1 aromatic heterocycles. The Bertz CT molecular complexity index is 834. The van der Waals surface area contributed by atoms with Gasteiger partial charge in [-0.25, -0.2) is 4.98 Å². The Morgan fingerprint density at radius 2 is 1.75 bits per heavy atom. The number of amides is 1. The van der Waals surface area contributed by atoms with Crippen LogP contribution in [0.15, 0.2) is 29.6 Å². The standard InChI is InChI=1S/C24H30N2OS/c1-3-15(2)19-4-6-20(7-5-19)21-14-28-23(25-21)26-22(27)24-11-16-8-17(12-24)10-18(9-16)13-24/h4-7,14-18H,3,8-13H2,1-2H3,(H,25,26,27). The van der Waals surface area contributed by atoms with Crippen molar-refractivity contribution in [2.75, 3.05) is 5.32 Å². The lowest BCUT2D eigenvalue weighted by Gasteiger charge is -2.55. The van der Waals surface area contributed by atoms with E-state index < -0.39 is 0 Å². The Labute approximate surface area is 172 Å². The molecular formula is C24H30N2OS. The second kappa shape index (κ2) is 6.98. The third-order valence-electron chi connectivity index (χ3n) is 7.63. The molecule has 4 heteroatoms. The summed E-state index contributed by atoms with van der Waals surface area (Å²) in [7, 11) is 0. The van der Waals surface area contributed by atoms with Crippen molar-refractivity contribution in [3.05, 3.63) is 35.2 Å². The van der Waals surface area contributed by atoms with E-state index in [9.17, 15) is 4.79 Å². The summed E-state index contributed by atoms with van der Waals surface area (Å²) >= 11 is 1.55. The minimum absolute atomic E-state index is 0.113. The molecule has 0 saturated heterocycles. The first kappa shape index (κ1) is 18.4. The Balaban J connectivity index is 1.30. The van der Waals surface area contributed by atoms with Gasteiger partial charge in [-0.05, 0) is 74.2 Å². The average Bonchev–Trinajstić information content (AvgIpc) is 3.15. The van der Waals surface area contributed by atoms with Gasteiger partial charge in [0.25, 0.3) is 0 Å². The van der Waals surface area contributed by atoms with Crippen LogP contribution in [0.3, 0.4) is 0 Å². The number of anilines is 1. The number of nitrogens with one attached hydrogen (secondary N) is 1. The van der Waals surface area contributed by atoms with Crippen molar-refractivity contribution in [2.24, 2.45) is 23.2 Å². The Kier molecular flexibility index (Phi) is 4.58. The van der Waals surface area contributed by atoms with E-state index in [0.717, 1.165) is 59.8 Å². The highest BCUT2D eigenvalue weighted by atomic mass is 32.1. The largest absolute Gasteiger partial charge is 0.301 e. The smallest absolute Gasteiger partial charge is 0.232 e. The van der Waals surface area contributed by atoms with E-state index in [-0.39, 0.29) is 11.3 Å². The molecule has 28 heavy (non-hydrogen) atoms. The van der Waals surface area contributed by atoms with E-state index in [1.54, 1.807) is 11.3 Å². The number of aromatic nitrogens is 1. The van der Waals surface area contributed by atoms with Gasteiger partial charge in [0.05, 0.1) is 11.1 Å². The molecule has 1 N–H and O–H groups in total. The summed E-state index contributed by atoms with van der Waals surface area (Å²) in [6.07, 6.45) is 8.53. The maximum atomic E-state index is 13.2. The molecule has 3 nitrogen and oxygen atoms in total. The van der Waals surface area contributed by atoms with E-state index in [4.69, 9.17) is 4.98 Å². The zero-order valence-corrected chi connectivity index (χ0v) is 17.7. The molecule has 1 heterocycles. The molecule has 2 aromatic rings. The molecule has 0 radical (unpaired) electrons. The molecule has 4 fully saturated rings. The summed E-state index contributed by atoms with van der Waals surface area (Å²) in [5.41, 5.74) is 3.34. The summed E-state index contributed by atoms with van der Waals surface area (Å²) in [5, 5.41) is 6.01. The summed E-state index contributed by atoms with van der Waals surface area (Å²) < 4.78 is 0. The van der Waals surface area contributed by atoms with Crippen LogP contribution >= 0.6 is 11.3 Å². The van der Waals surface area contributed by atoms with E-state index in [1.807, 2.05) is 0 Å². The molecule has 4 aliphatic carbocycles. The summed E-state index contributed by atoms with van der Waals surface area (Å²) in [6.45, 7) is 4.48. The van der Waals surface area contributed by atoms with Crippen LogP contribution in [-0.2, 0) is 4.79 Å². The minimum atomic E-state index is -0.113. The second-order valence-electron chi connectivity index (χ2n) is 9.62. The minimum Gasteiger partial charge on any atom is -0.301 e. The summed E-state index contributed by atoms with van der Waals surface area (Å²) in [5.74, 6) is 3.17. The van der Waals surface area contributed by atoms with E-state index in [0.29, 0.717) is 5.92 Å². The SMILES string of the molecule is CCC(C)c1ccc(-c2csc(NC(=O)C34CC5CC(CC(C5)C3)C4)n2)cc1. The van der Waals surface area contributed by atoms with Gasteiger partial charge < -0.3 is 5.32 Å². The van der Waals surface area contributed by atoms with Gasteiger partial charge in [-0.3, -0.25) is 4.79 Å². The van der Waals surface area contributed by atoms with Gasteiger partial charge >= 0.3 is 0 Å². The van der Waals surface area contributed by atoms with Gasteiger partial charge in [0, 0.05) is 10.9 Å². The first-order valence-electron chi connectivity index (χ1n) is 10.9. The van der Waals surface area contributed by atoms with Crippen LogP contribution in [0, 0.1) is 23.2 Å². The molecule has 0 spiro atoms. The average molecular weight is 395 g/mol. The fourth-order valence-corrected chi connectivity index (χ4v) is 7.02. The maximum absolute atomic E-state index is 13.2. The lowest BCUT2D eigenvalue weighted by molar-refractivity contribution is -0.140. The highest BCUT2D eigenvalue weighted by Crippen LogP contribution is 2.60. The second-order valence-corrected chi connectivity index (χ2v) is 10.5. The van der Waals surface area contributed by atoms with Crippen molar-refractivity contribution >= 4 is 22.4 Å². The number of carbonyl (C=O) groups is 1. The summed E-state index contributed by atoms with van der Waals surface area (Å²) in [4.78, 5) is 17.9. The number of carbonyl (C=O) groups excluding carboxylic acids is 1. The van der Waals surface area contributed by atoms with Gasteiger partial charge in [0.2, 0.25) is 5.91 Å². The van der Waals surface area contributed by atoms with Crippen molar-refractivity contribution in [1.29, 1.82) is 0 Å². The molecule has 4 bridgehead atoms. The monoisotopic (exact) mass is 394 g/mol. The predicted octanol–water partition coefficient (Wildman–Crippen LogP) is 6.48. The molecule has 1 aromatic carbocycles. The third-order valence-corrected chi connectivity index (χ3v) is 8.39. The highest BCUT2D eigenvalue weighted by molar-refractivity contribution is 7.14. The van der Waals surface area contributed by atoms with Crippen LogP contribution < -0.4 is 5.32 Å².